The third kappa shape index (κ3) is 3.75. The summed E-state index contributed by atoms with van der Waals surface area (Å²) in [7, 11) is 1.60. The zero-order valence-corrected chi connectivity index (χ0v) is 11.1. The second-order valence-electron chi connectivity index (χ2n) is 4.35. The van der Waals surface area contributed by atoms with Crippen LogP contribution in [0.3, 0.4) is 0 Å². The Kier molecular flexibility index (Phi) is 4.46. The molecule has 6 nitrogen and oxygen atoms in total. The van der Waals surface area contributed by atoms with Gasteiger partial charge in [0.15, 0.2) is 11.5 Å². The average Bonchev–Trinajstić information content (AvgIpc) is 2.83. The summed E-state index contributed by atoms with van der Waals surface area (Å²) in [5.41, 5.74) is 0.818. The third-order valence-corrected chi connectivity index (χ3v) is 2.65. The van der Waals surface area contributed by atoms with E-state index in [0.29, 0.717) is 12.4 Å². The van der Waals surface area contributed by atoms with Crippen LogP contribution in [-0.2, 0) is 9.53 Å². The van der Waals surface area contributed by atoms with Crippen molar-refractivity contribution < 1.29 is 19.0 Å². The summed E-state index contributed by atoms with van der Waals surface area (Å²) in [6.45, 7) is 2.83. The molecule has 2 rings (SSSR count). The maximum absolute atomic E-state index is 11.7. The highest BCUT2D eigenvalue weighted by molar-refractivity contribution is 5.81. The summed E-state index contributed by atoms with van der Waals surface area (Å²) < 4.78 is 15.4. The molecule has 2 N–H and O–H groups in total. The third-order valence-electron chi connectivity index (χ3n) is 2.65. The number of rotatable bonds is 6. The molecule has 0 fully saturated rings. The molecular weight excluding hydrogens is 248 g/mol. The van der Waals surface area contributed by atoms with E-state index in [1.807, 2.05) is 25.1 Å². The Balaban J connectivity index is 1.80. The molecule has 0 spiro atoms. The van der Waals surface area contributed by atoms with E-state index in [-0.39, 0.29) is 25.3 Å². The van der Waals surface area contributed by atoms with Crippen LogP contribution in [0.4, 0.5) is 5.69 Å². The topological polar surface area (TPSA) is 68.8 Å². The molecule has 1 unspecified atom stereocenters. The van der Waals surface area contributed by atoms with Crippen molar-refractivity contribution in [3.8, 4) is 11.5 Å². The van der Waals surface area contributed by atoms with Gasteiger partial charge < -0.3 is 24.8 Å². The molecule has 1 aromatic carbocycles. The summed E-state index contributed by atoms with van der Waals surface area (Å²) in [6.07, 6.45) is 0. The van der Waals surface area contributed by atoms with Crippen molar-refractivity contribution in [2.75, 3.05) is 32.4 Å². The Morgan fingerprint density at radius 3 is 3.00 bits per heavy atom. The minimum Gasteiger partial charge on any atom is -0.454 e. The lowest BCUT2D eigenvalue weighted by atomic mass is 10.2. The molecule has 1 amide bonds. The van der Waals surface area contributed by atoms with Crippen molar-refractivity contribution in [2.45, 2.75) is 13.0 Å². The van der Waals surface area contributed by atoms with Crippen molar-refractivity contribution in [3.05, 3.63) is 18.2 Å². The minimum atomic E-state index is -0.0813. The van der Waals surface area contributed by atoms with E-state index in [9.17, 15) is 4.79 Å². The van der Waals surface area contributed by atoms with Crippen molar-refractivity contribution >= 4 is 11.6 Å². The van der Waals surface area contributed by atoms with Crippen LogP contribution in [0.25, 0.3) is 0 Å². The van der Waals surface area contributed by atoms with E-state index in [1.54, 1.807) is 7.11 Å². The fourth-order valence-electron chi connectivity index (χ4n) is 1.81. The highest BCUT2D eigenvalue weighted by Gasteiger charge is 2.13. The van der Waals surface area contributed by atoms with Crippen LogP contribution in [0.2, 0.25) is 0 Å². The van der Waals surface area contributed by atoms with E-state index < -0.39 is 0 Å². The van der Waals surface area contributed by atoms with Crippen molar-refractivity contribution in [1.82, 2.24) is 5.32 Å². The molecule has 1 atom stereocenters. The number of benzene rings is 1. The first kappa shape index (κ1) is 13.5. The van der Waals surface area contributed by atoms with Gasteiger partial charge in [-0.3, -0.25) is 4.79 Å². The number of ether oxygens (including phenoxy) is 3. The number of methoxy groups -OCH3 is 1. The molecule has 0 radical (unpaired) electrons. The Labute approximate surface area is 112 Å². The molecule has 1 heterocycles. The molecule has 1 aromatic rings. The molecule has 0 saturated carbocycles. The summed E-state index contributed by atoms with van der Waals surface area (Å²) in [5.74, 6) is 1.34. The number of hydrogen-bond donors (Lipinski definition) is 2. The van der Waals surface area contributed by atoms with Crippen LogP contribution < -0.4 is 20.1 Å². The molecule has 0 saturated heterocycles. The van der Waals surface area contributed by atoms with E-state index in [1.165, 1.54) is 0 Å². The first-order chi connectivity index (χ1) is 9.19. The van der Waals surface area contributed by atoms with Crippen LogP contribution in [0, 0.1) is 0 Å². The van der Waals surface area contributed by atoms with Crippen LogP contribution in [0.15, 0.2) is 18.2 Å². The number of fused-ring (bicyclic) bond motifs is 1. The first-order valence-electron chi connectivity index (χ1n) is 6.11. The van der Waals surface area contributed by atoms with Gasteiger partial charge in [0.1, 0.15) is 0 Å². The van der Waals surface area contributed by atoms with Crippen molar-refractivity contribution in [2.24, 2.45) is 0 Å². The highest BCUT2D eigenvalue weighted by atomic mass is 16.7. The van der Waals surface area contributed by atoms with Gasteiger partial charge in [-0.2, -0.15) is 0 Å². The van der Waals surface area contributed by atoms with E-state index in [4.69, 9.17) is 14.2 Å². The largest absolute Gasteiger partial charge is 0.454 e. The zero-order chi connectivity index (χ0) is 13.7. The monoisotopic (exact) mass is 266 g/mol. The first-order valence-corrected chi connectivity index (χ1v) is 6.11. The van der Waals surface area contributed by atoms with Crippen molar-refractivity contribution in [3.63, 3.8) is 0 Å². The second-order valence-corrected chi connectivity index (χ2v) is 4.35. The Morgan fingerprint density at radius 2 is 2.21 bits per heavy atom. The molecule has 0 bridgehead atoms. The lowest BCUT2D eigenvalue weighted by molar-refractivity contribution is -0.120. The van der Waals surface area contributed by atoms with Crippen LogP contribution >= 0.6 is 0 Å². The van der Waals surface area contributed by atoms with Gasteiger partial charge >= 0.3 is 0 Å². The fraction of sp³-hybridized carbons (Fsp3) is 0.462. The molecule has 0 aliphatic carbocycles. The van der Waals surface area contributed by atoms with Crippen molar-refractivity contribution in [1.29, 1.82) is 0 Å². The number of anilines is 1. The van der Waals surface area contributed by atoms with Gasteiger partial charge in [-0.25, -0.2) is 0 Å². The quantitative estimate of drug-likeness (QED) is 0.803. The van der Waals surface area contributed by atoms with Crippen LogP contribution in [0.5, 0.6) is 11.5 Å². The Hall–Kier alpha value is -1.95. The smallest absolute Gasteiger partial charge is 0.239 e. The number of amides is 1. The predicted molar refractivity (Wildman–Crippen MR) is 70.5 cm³/mol. The highest BCUT2D eigenvalue weighted by Crippen LogP contribution is 2.34. The SMILES string of the molecule is COCC(C)NC(=O)CNc1ccc2c(c1)OCO2. The number of carbonyl (C=O) groups excluding carboxylic acids is 1. The summed E-state index contributed by atoms with van der Waals surface area (Å²) in [6, 6.07) is 5.47. The molecule has 0 aromatic heterocycles. The summed E-state index contributed by atoms with van der Waals surface area (Å²) in [4.78, 5) is 11.7. The Morgan fingerprint density at radius 1 is 1.42 bits per heavy atom. The van der Waals surface area contributed by atoms with Gasteiger partial charge in [0.05, 0.1) is 13.2 Å². The van der Waals surface area contributed by atoms with E-state index in [0.717, 1.165) is 11.4 Å². The van der Waals surface area contributed by atoms with Gasteiger partial charge in [0.2, 0.25) is 12.7 Å². The van der Waals surface area contributed by atoms with E-state index >= 15 is 0 Å². The van der Waals surface area contributed by atoms with Gasteiger partial charge in [-0.15, -0.1) is 0 Å². The fourth-order valence-corrected chi connectivity index (χ4v) is 1.81. The molecule has 6 heteroatoms. The van der Waals surface area contributed by atoms with E-state index in [2.05, 4.69) is 10.6 Å². The molecule has 19 heavy (non-hydrogen) atoms. The number of hydrogen-bond acceptors (Lipinski definition) is 5. The number of carbonyl (C=O) groups is 1. The standard InChI is InChI=1S/C13H18N2O4/c1-9(7-17-2)15-13(16)6-14-10-3-4-11-12(5-10)19-8-18-11/h3-5,9,14H,6-8H2,1-2H3,(H,15,16). The van der Waals surface area contributed by atoms with Gasteiger partial charge in [-0.1, -0.05) is 0 Å². The molecular formula is C13H18N2O4. The van der Waals surface area contributed by atoms with Gasteiger partial charge in [0.25, 0.3) is 0 Å². The zero-order valence-electron chi connectivity index (χ0n) is 11.1. The molecule has 104 valence electrons. The molecule has 1 aliphatic rings. The minimum absolute atomic E-state index is 0.00365. The lowest BCUT2D eigenvalue weighted by Gasteiger charge is -2.13. The molecule has 1 aliphatic heterocycles. The maximum atomic E-state index is 11.7. The van der Waals surface area contributed by atoms with Crippen LogP contribution in [-0.4, -0.2) is 39.0 Å². The second kappa shape index (κ2) is 6.29. The summed E-state index contributed by atoms with van der Waals surface area (Å²) in [5, 5.41) is 5.85. The lowest BCUT2D eigenvalue weighted by Crippen LogP contribution is -2.39. The summed E-state index contributed by atoms with van der Waals surface area (Å²) >= 11 is 0. The Bertz CT molecular complexity index is 450. The predicted octanol–water partition coefficient (Wildman–Crippen LogP) is 0.978. The van der Waals surface area contributed by atoms with Crippen LogP contribution in [0.1, 0.15) is 6.92 Å². The normalized spacial score (nSPS) is 14.0. The average molecular weight is 266 g/mol. The van der Waals surface area contributed by atoms with Gasteiger partial charge in [0, 0.05) is 24.9 Å². The van der Waals surface area contributed by atoms with Gasteiger partial charge in [-0.05, 0) is 19.1 Å². The number of nitrogens with one attached hydrogen (secondary N) is 2. The maximum Gasteiger partial charge on any atom is 0.239 e.